The van der Waals surface area contributed by atoms with Crippen LogP contribution in [0.15, 0.2) is 22.6 Å². The lowest BCUT2D eigenvalue weighted by Gasteiger charge is -2.07. The normalized spacial score (nSPS) is 10.9. The number of aryl methyl sites for hydroxylation is 3. The molecule has 2 heterocycles. The number of carbonyl (C=O) groups is 2. The molecule has 8 heteroatoms. The number of esters is 2. The highest BCUT2D eigenvalue weighted by atomic mass is 16.5. The van der Waals surface area contributed by atoms with Gasteiger partial charge in [-0.3, -0.25) is 0 Å². The number of furan rings is 1. The van der Waals surface area contributed by atoms with Crippen LogP contribution in [0.3, 0.4) is 0 Å². The summed E-state index contributed by atoms with van der Waals surface area (Å²) in [6, 6.07) is 5.32. The molecule has 0 unspecified atom stereocenters. The van der Waals surface area contributed by atoms with Crippen LogP contribution in [-0.2, 0) is 16.1 Å². The predicted molar refractivity (Wildman–Crippen MR) is 102 cm³/mol. The highest BCUT2D eigenvalue weighted by molar-refractivity contribution is 6.07. The zero-order valence-corrected chi connectivity index (χ0v) is 16.2. The van der Waals surface area contributed by atoms with Gasteiger partial charge in [-0.25, -0.2) is 14.6 Å². The van der Waals surface area contributed by atoms with Crippen LogP contribution in [0.5, 0.6) is 0 Å². The molecule has 0 saturated carbocycles. The summed E-state index contributed by atoms with van der Waals surface area (Å²) in [6.45, 7) is 7.25. The van der Waals surface area contributed by atoms with E-state index >= 15 is 0 Å². The van der Waals surface area contributed by atoms with Crippen molar-refractivity contribution in [2.24, 2.45) is 0 Å². The second-order valence-corrected chi connectivity index (χ2v) is 6.33. The summed E-state index contributed by atoms with van der Waals surface area (Å²) < 4.78 is 15.8. The fourth-order valence-corrected chi connectivity index (χ4v) is 2.78. The van der Waals surface area contributed by atoms with Crippen LogP contribution in [0, 0.1) is 20.8 Å². The predicted octanol–water partition coefficient (Wildman–Crippen LogP) is 3.26. The van der Waals surface area contributed by atoms with E-state index in [-0.39, 0.29) is 36.1 Å². The lowest BCUT2D eigenvalue weighted by molar-refractivity contribution is 0.0461. The summed E-state index contributed by atoms with van der Waals surface area (Å²) >= 11 is 0. The largest absolute Gasteiger partial charge is 0.462 e. The van der Waals surface area contributed by atoms with Gasteiger partial charge in [-0.05, 0) is 51.0 Å². The number of rotatable bonds is 5. The maximum absolute atomic E-state index is 12.3. The van der Waals surface area contributed by atoms with Gasteiger partial charge >= 0.3 is 11.9 Å². The fraction of sp³-hybridized carbons (Fsp3) is 0.300. The van der Waals surface area contributed by atoms with Crippen LogP contribution in [0.4, 0.5) is 5.82 Å². The first-order valence-electron chi connectivity index (χ1n) is 8.78. The van der Waals surface area contributed by atoms with E-state index in [2.05, 4.69) is 9.97 Å². The summed E-state index contributed by atoms with van der Waals surface area (Å²) in [6.07, 6.45) is 0. The molecule has 28 heavy (non-hydrogen) atoms. The van der Waals surface area contributed by atoms with Crippen molar-refractivity contribution in [1.29, 1.82) is 0 Å². The quantitative estimate of drug-likeness (QED) is 0.667. The Morgan fingerprint density at radius 1 is 1.07 bits per heavy atom. The smallest absolute Gasteiger partial charge is 0.342 e. The number of anilines is 1. The number of ether oxygens (including phenoxy) is 2. The minimum atomic E-state index is -0.553. The van der Waals surface area contributed by atoms with Crippen LogP contribution >= 0.6 is 0 Å². The van der Waals surface area contributed by atoms with E-state index in [0.29, 0.717) is 16.7 Å². The molecule has 0 amide bonds. The van der Waals surface area contributed by atoms with Crippen LogP contribution in [0.2, 0.25) is 0 Å². The highest BCUT2D eigenvalue weighted by Gasteiger charge is 2.24. The molecule has 0 radical (unpaired) electrons. The molecule has 3 rings (SSSR count). The summed E-state index contributed by atoms with van der Waals surface area (Å²) in [7, 11) is 0. The molecular formula is C20H21N3O5. The van der Waals surface area contributed by atoms with Gasteiger partial charge in [0.05, 0.1) is 17.6 Å². The Kier molecular flexibility index (Phi) is 5.30. The number of aromatic nitrogens is 2. The minimum absolute atomic E-state index is 0.0575. The summed E-state index contributed by atoms with van der Waals surface area (Å²) in [5.74, 6) is -0.483. The average molecular weight is 383 g/mol. The lowest BCUT2D eigenvalue weighted by Crippen LogP contribution is -2.10. The van der Waals surface area contributed by atoms with Gasteiger partial charge in [0.1, 0.15) is 17.1 Å². The number of benzene rings is 1. The molecule has 0 atom stereocenters. The van der Waals surface area contributed by atoms with E-state index in [1.54, 1.807) is 26.0 Å². The topological polar surface area (TPSA) is 118 Å². The monoisotopic (exact) mass is 383 g/mol. The van der Waals surface area contributed by atoms with Gasteiger partial charge in [-0.15, -0.1) is 0 Å². The van der Waals surface area contributed by atoms with Crippen molar-refractivity contribution in [3.63, 3.8) is 0 Å². The van der Waals surface area contributed by atoms with Crippen molar-refractivity contribution in [2.75, 3.05) is 12.3 Å². The maximum Gasteiger partial charge on any atom is 0.342 e. The van der Waals surface area contributed by atoms with Crippen LogP contribution < -0.4 is 5.73 Å². The summed E-state index contributed by atoms with van der Waals surface area (Å²) in [5.41, 5.74) is 8.87. The number of carbonyl (C=O) groups excluding carboxylic acids is 2. The Morgan fingerprint density at radius 2 is 1.82 bits per heavy atom. The first kappa shape index (κ1) is 19.3. The van der Waals surface area contributed by atoms with Crippen LogP contribution in [-0.4, -0.2) is 28.5 Å². The molecule has 1 aromatic carbocycles. The first-order chi connectivity index (χ1) is 13.3. The van der Waals surface area contributed by atoms with Gasteiger partial charge in [0.15, 0.2) is 12.4 Å². The molecule has 146 valence electrons. The van der Waals surface area contributed by atoms with E-state index in [1.165, 1.54) is 0 Å². The second kappa shape index (κ2) is 7.67. The molecule has 0 spiro atoms. The van der Waals surface area contributed by atoms with Gasteiger partial charge in [0.25, 0.3) is 0 Å². The molecule has 0 aliphatic rings. The molecule has 8 nitrogen and oxygen atoms in total. The van der Waals surface area contributed by atoms with Crippen molar-refractivity contribution in [3.8, 4) is 0 Å². The number of hydrogen-bond donors (Lipinski definition) is 1. The number of nitrogens with zero attached hydrogens (tertiary/aromatic N) is 2. The summed E-state index contributed by atoms with van der Waals surface area (Å²) in [5, 5.41) is 0.292. The second-order valence-electron chi connectivity index (χ2n) is 6.33. The Morgan fingerprint density at radius 3 is 2.50 bits per heavy atom. The van der Waals surface area contributed by atoms with Crippen LogP contribution in [0.25, 0.3) is 11.1 Å². The molecule has 0 aliphatic carbocycles. The third-order valence-electron chi connectivity index (χ3n) is 4.36. The Balaban J connectivity index is 1.83. The van der Waals surface area contributed by atoms with Gasteiger partial charge in [-0.2, -0.15) is 4.98 Å². The van der Waals surface area contributed by atoms with E-state index in [0.717, 1.165) is 11.1 Å². The third-order valence-corrected chi connectivity index (χ3v) is 4.36. The van der Waals surface area contributed by atoms with Gasteiger partial charge < -0.3 is 19.6 Å². The molecular weight excluding hydrogens is 362 g/mol. The van der Waals surface area contributed by atoms with Crippen molar-refractivity contribution >= 4 is 28.9 Å². The molecule has 0 fully saturated rings. The average Bonchev–Trinajstić information content (AvgIpc) is 2.98. The molecule has 0 saturated heterocycles. The zero-order valence-electron chi connectivity index (χ0n) is 16.2. The van der Waals surface area contributed by atoms with Crippen molar-refractivity contribution in [3.05, 3.63) is 52.0 Å². The highest BCUT2D eigenvalue weighted by Crippen LogP contribution is 2.29. The van der Waals surface area contributed by atoms with Crippen molar-refractivity contribution in [2.45, 2.75) is 34.3 Å². The molecule has 2 aromatic heterocycles. The Hall–Kier alpha value is -3.42. The molecule has 2 N–H and O–H groups in total. The van der Waals surface area contributed by atoms with Crippen molar-refractivity contribution < 1.29 is 23.5 Å². The maximum atomic E-state index is 12.3. The lowest BCUT2D eigenvalue weighted by atomic mass is 10.1. The molecule has 0 bridgehead atoms. The Labute approximate surface area is 161 Å². The zero-order chi connectivity index (χ0) is 20.4. The van der Waals surface area contributed by atoms with Gasteiger partial charge in [0.2, 0.25) is 5.71 Å². The van der Waals surface area contributed by atoms with Crippen molar-refractivity contribution in [1.82, 2.24) is 9.97 Å². The van der Waals surface area contributed by atoms with E-state index in [4.69, 9.17) is 19.6 Å². The standard InChI is InChI=1S/C20H21N3O5/c1-5-26-20(25)15-12(4)28-18-16(15)17(21)22-14(23-18)9-27-19(24)13-7-6-10(2)11(3)8-13/h6-8H,5,9H2,1-4H3,(H2,21,22,23). The van der Waals surface area contributed by atoms with Crippen LogP contribution in [0.1, 0.15) is 50.4 Å². The molecule has 3 aromatic rings. The summed E-state index contributed by atoms with van der Waals surface area (Å²) in [4.78, 5) is 32.7. The fourth-order valence-electron chi connectivity index (χ4n) is 2.78. The first-order valence-corrected chi connectivity index (χ1v) is 8.78. The minimum Gasteiger partial charge on any atom is -0.462 e. The van der Waals surface area contributed by atoms with Gasteiger partial charge in [-0.1, -0.05) is 6.07 Å². The Bertz CT molecular complexity index is 1070. The number of hydrogen-bond acceptors (Lipinski definition) is 8. The van der Waals surface area contributed by atoms with E-state index < -0.39 is 11.9 Å². The number of nitrogens with two attached hydrogens (primary N) is 1. The van der Waals surface area contributed by atoms with E-state index in [9.17, 15) is 9.59 Å². The third kappa shape index (κ3) is 3.66. The number of nitrogen functional groups attached to an aromatic ring is 1. The van der Waals surface area contributed by atoms with Gasteiger partial charge in [0, 0.05) is 0 Å². The molecule has 0 aliphatic heterocycles. The number of fused-ring (bicyclic) bond motifs is 1. The SMILES string of the molecule is CCOC(=O)c1c(C)oc2nc(COC(=O)c3ccc(C)c(C)c3)nc(N)c12. The van der Waals surface area contributed by atoms with E-state index in [1.807, 2.05) is 19.9 Å².